The molecule has 0 aliphatic rings. The lowest BCUT2D eigenvalue weighted by atomic mass is 10.0. The van der Waals surface area contributed by atoms with Crippen molar-refractivity contribution >= 4 is 5.69 Å². The Hall–Kier alpha value is -1.63. The van der Waals surface area contributed by atoms with Crippen molar-refractivity contribution in [1.29, 1.82) is 5.26 Å². The van der Waals surface area contributed by atoms with E-state index < -0.39 is 11.6 Å². The van der Waals surface area contributed by atoms with Crippen molar-refractivity contribution in [1.82, 2.24) is 0 Å². The molecule has 1 aromatic rings. The van der Waals surface area contributed by atoms with Gasteiger partial charge in [-0.15, -0.1) is 0 Å². The number of anilines is 1. The van der Waals surface area contributed by atoms with Gasteiger partial charge in [-0.1, -0.05) is 26.7 Å². The summed E-state index contributed by atoms with van der Waals surface area (Å²) < 4.78 is 27.0. The van der Waals surface area contributed by atoms with E-state index in [1.165, 1.54) is 0 Å². The lowest BCUT2D eigenvalue weighted by Gasteiger charge is -2.15. The zero-order valence-corrected chi connectivity index (χ0v) is 10.1. The van der Waals surface area contributed by atoms with Gasteiger partial charge in [0.1, 0.15) is 5.69 Å². The molecule has 0 fully saturated rings. The van der Waals surface area contributed by atoms with E-state index in [1.807, 2.05) is 13.8 Å². The number of nitriles is 1. The van der Waals surface area contributed by atoms with Crippen LogP contribution in [-0.4, -0.2) is 6.54 Å². The van der Waals surface area contributed by atoms with Gasteiger partial charge in [0.25, 0.3) is 0 Å². The van der Waals surface area contributed by atoms with Crippen LogP contribution in [0.1, 0.15) is 32.3 Å². The molecule has 4 heteroatoms. The van der Waals surface area contributed by atoms with Crippen LogP contribution in [0.5, 0.6) is 0 Å². The van der Waals surface area contributed by atoms with E-state index in [-0.39, 0.29) is 11.3 Å². The summed E-state index contributed by atoms with van der Waals surface area (Å²) in [5, 5.41) is 11.3. The Morgan fingerprint density at radius 2 is 1.76 bits per heavy atom. The molecule has 2 nitrogen and oxygen atoms in total. The summed E-state index contributed by atoms with van der Waals surface area (Å²) in [5.41, 5.74) is -0.149. The molecule has 0 saturated heterocycles. The van der Waals surface area contributed by atoms with Crippen LogP contribution in [0.25, 0.3) is 0 Å². The summed E-state index contributed by atoms with van der Waals surface area (Å²) in [6.45, 7) is 4.62. The molecule has 1 aromatic carbocycles. The fraction of sp³-hybridized carbons (Fsp3) is 0.462. The summed E-state index contributed by atoms with van der Waals surface area (Å²) in [6.07, 6.45) is 1.92. The molecule has 0 aliphatic heterocycles. The van der Waals surface area contributed by atoms with Crippen molar-refractivity contribution in [2.24, 2.45) is 5.92 Å². The van der Waals surface area contributed by atoms with Crippen LogP contribution in [0, 0.1) is 28.9 Å². The molecular formula is C13H16F2N2. The Bertz CT molecular complexity index is 397. The SMILES string of the molecule is CCC(CC)CNc1c(F)cc(C#N)cc1F. The van der Waals surface area contributed by atoms with Crippen LogP contribution >= 0.6 is 0 Å². The number of nitrogens with zero attached hydrogens (tertiary/aromatic N) is 1. The Balaban J connectivity index is 2.82. The Morgan fingerprint density at radius 1 is 1.24 bits per heavy atom. The molecule has 0 amide bonds. The van der Waals surface area contributed by atoms with E-state index in [1.54, 1.807) is 6.07 Å². The number of nitrogens with one attached hydrogen (secondary N) is 1. The quantitative estimate of drug-likeness (QED) is 0.849. The predicted molar refractivity (Wildman–Crippen MR) is 63.6 cm³/mol. The fourth-order valence-electron chi connectivity index (χ4n) is 1.63. The maximum atomic E-state index is 13.5. The summed E-state index contributed by atoms with van der Waals surface area (Å²) >= 11 is 0. The monoisotopic (exact) mass is 238 g/mol. The van der Waals surface area contributed by atoms with E-state index >= 15 is 0 Å². The standard InChI is InChI=1S/C13H16F2N2/c1-3-9(4-2)8-17-13-11(14)5-10(7-16)6-12(13)15/h5-6,9,17H,3-4,8H2,1-2H3. The molecule has 0 atom stereocenters. The molecule has 1 rings (SSSR count). The third-order valence-electron chi connectivity index (χ3n) is 2.89. The minimum absolute atomic E-state index is 0.00640. The van der Waals surface area contributed by atoms with Crippen molar-refractivity contribution in [3.05, 3.63) is 29.3 Å². The summed E-state index contributed by atoms with van der Waals surface area (Å²) in [4.78, 5) is 0. The first kappa shape index (κ1) is 13.4. The van der Waals surface area contributed by atoms with Crippen molar-refractivity contribution in [3.8, 4) is 6.07 Å². The third kappa shape index (κ3) is 3.42. The van der Waals surface area contributed by atoms with Crippen LogP contribution < -0.4 is 5.32 Å². The number of hydrogen-bond donors (Lipinski definition) is 1. The van der Waals surface area contributed by atoms with Crippen LogP contribution in [0.2, 0.25) is 0 Å². The summed E-state index contributed by atoms with van der Waals surface area (Å²) in [7, 11) is 0. The predicted octanol–water partition coefficient (Wildman–Crippen LogP) is 3.68. The van der Waals surface area contributed by atoms with Crippen molar-refractivity contribution in [3.63, 3.8) is 0 Å². The van der Waals surface area contributed by atoms with E-state index in [9.17, 15) is 8.78 Å². The second-order valence-electron chi connectivity index (χ2n) is 3.99. The Labute approximate surface area is 100 Å². The van der Waals surface area contributed by atoms with Crippen molar-refractivity contribution < 1.29 is 8.78 Å². The van der Waals surface area contributed by atoms with Crippen molar-refractivity contribution in [2.75, 3.05) is 11.9 Å². The molecule has 0 unspecified atom stereocenters. The highest BCUT2D eigenvalue weighted by atomic mass is 19.1. The molecule has 17 heavy (non-hydrogen) atoms. The first-order valence-electron chi connectivity index (χ1n) is 5.75. The van der Waals surface area contributed by atoms with Gasteiger partial charge in [-0.05, 0) is 18.1 Å². The van der Waals surface area contributed by atoms with Crippen LogP contribution in [0.15, 0.2) is 12.1 Å². The maximum absolute atomic E-state index is 13.5. The zero-order valence-electron chi connectivity index (χ0n) is 10.1. The molecule has 92 valence electrons. The van der Waals surface area contributed by atoms with Gasteiger partial charge in [-0.2, -0.15) is 5.26 Å². The molecule has 0 aromatic heterocycles. The van der Waals surface area contributed by atoms with Crippen LogP contribution in [0.4, 0.5) is 14.5 Å². The fourth-order valence-corrected chi connectivity index (χ4v) is 1.63. The highest BCUT2D eigenvalue weighted by Crippen LogP contribution is 2.21. The second-order valence-corrected chi connectivity index (χ2v) is 3.99. The number of rotatable bonds is 5. The molecule has 0 aliphatic carbocycles. The van der Waals surface area contributed by atoms with Gasteiger partial charge in [0, 0.05) is 6.54 Å². The average Bonchev–Trinajstić information content (AvgIpc) is 2.32. The van der Waals surface area contributed by atoms with E-state index in [0.29, 0.717) is 12.5 Å². The molecule has 0 bridgehead atoms. The first-order chi connectivity index (χ1) is 8.12. The molecular weight excluding hydrogens is 222 g/mol. The van der Waals surface area contributed by atoms with Crippen LogP contribution in [0.3, 0.4) is 0 Å². The van der Waals surface area contributed by atoms with E-state index in [0.717, 1.165) is 25.0 Å². The lowest BCUT2D eigenvalue weighted by molar-refractivity contribution is 0.513. The molecule has 1 N–H and O–H groups in total. The maximum Gasteiger partial charge on any atom is 0.150 e. The molecule has 0 saturated carbocycles. The minimum atomic E-state index is -0.715. The highest BCUT2D eigenvalue weighted by Gasteiger charge is 2.12. The van der Waals surface area contributed by atoms with Gasteiger partial charge in [-0.25, -0.2) is 8.78 Å². The van der Waals surface area contributed by atoms with Gasteiger partial charge in [0.15, 0.2) is 11.6 Å². The highest BCUT2D eigenvalue weighted by molar-refractivity contribution is 5.50. The van der Waals surface area contributed by atoms with E-state index in [2.05, 4.69) is 5.32 Å². The zero-order chi connectivity index (χ0) is 12.8. The third-order valence-corrected chi connectivity index (χ3v) is 2.89. The van der Waals surface area contributed by atoms with E-state index in [4.69, 9.17) is 5.26 Å². The molecule has 0 radical (unpaired) electrons. The number of halogens is 2. The first-order valence-corrected chi connectivity index (χ1v) is 5.75. The topological polar surface area (TPSA) is 35.8 Å². The molecule has 0 spiro atoms. The number of hydrogen-bond acceptors (Lipinski definition) is 2. The van der Waals surface area contributed by atoms with Gasteiger partial charge in [-0.3, -0.25) is 0 Å². The summed E-state index contributed by atoms with van der Waals surface area (Å²) in [5.74, 6) is -1.04. The average molecular weight is 238 g/mol. The Morgan fingerprint density at radius 3 is 2.18 bits per heavy atom. The van der Waals surface area contributed by atoms with Gasteiger partial charge >= 0.3 is 0 Å². The van der Waals surface area contributed by atoms with Crippen LogP contribution in [-0.2, 0) is 0 Å². The smallest absolute Gasteiger partial charge is 0.150 e. The van der Waals surface area contributed by atoms with Crippen molar-refractivity contribution in [2.45, 2.75) is 26.7 Å². The van der Waals surface area contributed by atoms with Gasteiger partial charge in [0.05, 0.1) is 11.6 Å². The second kappa shape index (κ2) is 6.19. The number of benzene rings is 1. The Kier molecular flexibility index (Phi) is 4.89. The van der Waals surface area contributed by atoms with Gasteiger partial charge in [0.2, 0.25) is 0 Å². The molecule has 0 heterocycles. The largest absolute Gasteiger partial charge is 0.380 e. The normalized spacial score (nSPS) is 10.4. The lowest BCUT2D eigenvalue weighted by Crippen LogP contribution is -2.14. The minimum Gasteiger partial charge on any atom is -0.380 e. The van der Waals surface area contributed by atoms with Gasteiger partial charge < -0.3 is 5.32 Å². The summed E-state index contributed by atoms with van der Waals surface area (Å²) in [6, 6.07) is 3.80.